The van der Waals surface area contributed by atoms with Crippen LogP contribution in [0.2, 0.25) is 0 Å². The number of ether oxygens (including phenoxy) is 1. The smallest absolute Gasteiger partial charge is 0.243 e. The molecule has 26 heavy (non-hydrogen) atoms. The van der Waals surface area contributed by atoms with Crippen LogP contribution in [0.5, 0.6) is 5.75 Å². The van der Waals surface area contributed by atoms with Crippen molar-refractivity contribution in [2.45, 2.75) is 19.4 Å². The number of hydrogen-bond acceptors (Lipinski definition) is 7. The molecule has 144 valence electrons. The molecule has 1 atom stereocenters. The Bertz CT molecular complexity index is 822. The molecule has 2 rings (SSSR count). The summed E-state index contributed by atoms with van der Waals surface area (Å²) >= 11 is 1.28. The Labute approximate surface area is 163 Å². The topological polar surface area (TPSA) is 111 Å². The third-order valence-corrected chi connectivity index (χ3v) is 5.07. The largest absolute Gasteiger partial charge is 0.494 e. The van der Waals surface area contributed by atoms with Gasteiger partial charge < -0.3 is 15.8 Å². The van der Waals surface area contributed by atoms with Gasteiger partial charge in [-0.1, -0.05) is 0 Å². The van der Waals surface area contributed by atoms with E-state index in [1.807, 2.05) is 36.6 Å². The van der Waals surface area contributed by atoms with Gasteiger partial charge in [0.1, 0.15) is 15.6 Å². The highest BCUT2D eigenvalue weighted by atomic mass is 35.5. The molecule has 0 bridgehead atoms. The number of benzene rings is 1. The van der Waals surface area contributed by atoms with Crippen LogP contribution in [0.15, 0.2) is 29.6 Å². The number of anilines is 1. The molecule has 0 aliphatic rings. The first-order valence-corrected chi connectivity index (χ1v) is 10.7. The van der Waals surface area contributed by atoms with E-state index in [9.17, 15) is 13.2 Å². The Balaban J connectivity index is 0.00000338. The summed E-state index contributed by atoms with van der Waals surface area (Å²) < 4.78 is 27.7. The molecule has 10 heteroatoms. The van der Waals surface area contributed by atoms with Gasteiger partial charge in [-0.05, 0) is 37.6 Å². The molecule has 0 aliphatic carbocycles. The molecule has 0 radical (unpaired) electrons. The Hall–Kier alpha value is -1.68. The van der Waals surface area contributed by atoms with Gasteiger partial charge in [0, 0.05) is 17.2 Å². The van der Waals surface area contributed by atoms with Crippen molar-refractivity contribution in [2.75, 3.05) is 23.9 Å². The van der Waals surface area contributed by atoms with Crippen LogP contribution in [-0.4, -0.2) is 44.0 Å². The second-order valence-corrected chi connectivity index (χ2v) is 8.63. The Morgan fingerprint density at radius 3 is 2.58 bits per heavy atom. The van der Waals surface area contributed by atoms with Crippen molar-refractivity contribution in [3.05, 3.63) is 29.6 Å². The number of rotatable bonds is 8. The second-order valence-electron chi connectivity index (χ2n) is 5.51. The quantitative estimate of drug-likeness (QED) is 0.679. The first-order chi connectivity index (χ1) is 11.8. The maximum Gasteiger partial charge on any atom is 0.243 e. The van der Waals surface area contributed by atoms with Crippen LogP contribution in [0.1, 0.15) is 13.3 Å². The highest BCUT2D eigenvalue weighted by molar-refractivity contribution is 7.90. The van der Waals surface area contributed by atoms with Crippen LogP contribution in [-0.2, 0) is 14.6 Å². The SMILES string of the molecule is CCOc1ccc(-c2csc(NC(=O)C(N)CCS(C)(=O)=O)n2)cc1.Cl. The number of nitrogens with zero attached hydrogens (tertiary/aromatic N) is 1. The molecule has 0 spiro atoms. The number of nitrogens with two attached hydrogens (primary N) is 1. The van der Waals surface area contributed by atoms with Crippen LogP contribution in [0, 0.1) is 0 Å². The van der Waals surface area contributed by atoms with Crippen molar-refractivity contribution in [3.8, 4) is 17.0 Å². The molecule has 0 aliphatic heterocycles. The van der Waals surface area contributed by atoms with E-state index in [0.717, 1.165) is 23.3 Å². The van der Waals surface area contributed by atoms with Crippen LogP contribution in [0.25, 0.3) is 11.3 Å². The molecule has 1 heterocycles. The van der Waals surface area contributed by atoms with Crippen molar-refractivity contribution in [3.63, 3.8) is 0 Å². The molecule has 1 unspecified atom stereocenters. The van der Waals surface area contributed by atoms with Crippen LogP contribution >= 0.6 is 23.7 Å². The van der Waals surface area contributed by atoms with E-state index in [1.165, 1.54) is 11.3 Å². The number of hydrogen-bond donors (Lipinski definition) is 2. The molecular weight excluding hydrogens is 398 g/mol. The van der Waals surface area contributed by atoms with Crippen LogP contribution in [0.4, 0.5) is 5.13 Å². The molecule has 1 aromatic heterocycles. The van der Waals surface area contributed by atoms with Crippen LogP contribution < -0.4 is 15.8 Å². The van der Waals surface area contributed by atoms with E-state index in [4.69, 9.17) is 10.5 Å². The number of aromatic nitrogens is 1. The normalized spacial score (nSPS) is 12.1. The number of nitrogens with one attached hydrogen (secondary N) is 1. The van der Waals surface area contributed by atoms with Gasteiger partial charge in [-0.3, -0.25) is 4.79 Å². The molecular formula is C16H22ClN3O4S2. The average Bonchev–Trinajstić information content (AvgIpc) is 3.01. The molecule has 0 fully saturated rings. The van der Waals surface area contributed by atoms with Crippen molar-refractivity contribution in [2.24, 2.45) is 5.73 Å². The first kappa shape index (κ1) is 22.4. The summed E-state index contributed by atoms with van der Waals surface area (Å²) in [7, 11) is -3.15. The minimum atomic E-state index is -3.15. The fraction of sp³-hybridized carbons (Fsp3) is 0.375. The number of halogens is 1. The fourth-order valence-electron chi connectivity index (χ4n) is 2.02. The zero-order valence-corrected chi connectivity index (χ0v) is 16.9. The van der Waals surface area contributed by atoms with Gasteiger partial charge in [-0.25, -0.2) is 13.4 Å². The zero-order chi connectivity index (χ0) is 18.4. The van der Waals surface area contributed by atoms with E-state index in [1.54, 1.807) is 0 Å². The lowest BCUT2D eigenvalue weighted by atomic mass is 10.2. The number of amides is 1. The highest BCUT2D eigenvalue weighted by Gasteiger charge is 2.17. The summed E-state index contributed by atoms with van der Waals surface area (Å²) in [4.78, 5) is 16.4. The predicted molar refractivity (Wildman–Crippen MR) is 107 cm³/mol. The predicted octanol–water partition coefficient (Wildman–Crippen LogP) is 2.33. The number of carbonyl (C=O) groups is 1. The van der Waals surface area contributed by atoms with Gasteiger partial charge in [0.2, 0.25) is 5.91 Å². The molecule has 0 saturated carbocycles. The Morgan fingerprint density at radius 2 is 2.00 bits per heavy atom. The van der Waals surface area contributed by atoms with Gasteiger partial charge in [-0.2, -0.15) is 0 Å². The molecule has 1 aromatic carbocycles. The van der Waals surface area contributed by atoms with Gasteiger partial charge in [0.25, 0.3) is 0 Å². The summed E-state index contributed by atoms with van der Waals surface area (Å²) in [6.45, 7) is 2.52. The molecule has 2 aromatic rings. The second kappa shape index (κ2) is 9.86. The van der Waals surface area contributed by atoms with E-state index >= 15 is 0 Å². The van der Waals surface area contributed by atoms with Crippen molar-refractivity contribution in [1.82, 2.24) is 4.98 Å². The van der Waals surface area contributed by atoms with Gasteiger partial charge in [0.05, 0.1) is 24.1 Å². The zero-order valence-electron chi connectivity index (χ0n) is 14.5. The lowest BCUT2D eigenvalue weighted by Gasteiger charge is -2.09. The Morgan fingerprint density at radius 1 is 1.35 bits per heavy atom. The third-order valence-electron chi connectivity index (χ3n) is 3.33. The van der Waals surface area contributed by atoms with Gasteiger partial charge in [-0.15, -0.1) is 23.7 Å². The maximum absolute atomic E-state index is 12.0. The molecule has 3 N–H and O–H groups in total. The van der Waals surface area contributed by atoms with E-state index < -0.39 is 21.8 Å². The average molecular weight is 420 g/mol. The van der Waals surface area contributed by atoms with Crippen molar-refractivity contribution >= 4 is 44.6 Å². The monoisotopic (exact) mass is 419 g/mol. The summed E-state index contributed by atoms with van der Waals surface area (Å²) in [6.07, 6.45) is 1.18. The van der Waals surface area contributed by atoms with Crippen LogP contribution in [0.3, 0.4) is 0 Å². The number of sulfone groups is 1. The van der Waals surface area contributed by atoms with Crippen molar-refractivity contribution < 1.29 is 17.9 Å². The minimum absolute atomic E-state index is 0. The lowest BCUT2D eigenvalue weighted by Crippen LogP contribution is -2.37. The fourth-order valence-corrected chi connectivity index (χ4v) is 3.43. The first-order valence-electron chi connectivity index (χ1n) is 7.71. The third kappa shape index (κ3) is 6.91. The number of thiazole rings is 1. The minimum Gasteiger partial charge on any atom is -0.494 e. The highest BCUT2D eigenvalue weighted by Crippen LogP contribution is 2.26. The standard InChI is InChI=1S/C16H21N3O4S2.ClH/c1-3-23-12-6-4-11(5-7-12)14-10-24-16(18-14)19-15(20)13(17)8-9-25(2,21)22;/h4-7,10,13H,3,8-9,17H2,1-2H3,(H,18,19,20);1H. The summed E-state index contributed by atoms with van der Waals surface area (Å²) in [5.41, 5.74) is 7.36. The molecule has 1 amide bonds. The van der Waals surface area contributed by atoms with E-state index in [2.05, 4.69) is 10.3 Å². The van der Waals surface area contributed by atoms with Gasteiger partial charge in [0.15, 0.2) is 5.13 Å². The molecule has 0 saturated heterocycles. The number of carbonyl (C=O) groups excluding carboxylic acids is 1. The molecule has 7 nitrogen and oxygen atoms in total. The van der Waals surface area contributed by atoms with E-state index in [0.29, 0.717) is 11.7 Å². The lowest BCUT2D eigenvalue weighted by molar-refractivity contribution is -0.117. The van der Waals surface area contributed by atoms with E-state index in [-0.39, 0.29) is 24.6 Å². The van der Waals surface area contributed by atoms with Gasteiger partial charge >= 0.3 is 0 Å². The Kier molecular flexibility index (Phi) is 8.48. The summed E-state index contributed by atoms with van der Waals surface area (Å²) in [5.74, 6) is 0.208. The summed E-state index contributed by atoms with van der Waals surface area (Å²) in [5, 5.41) is 4.87. The van der Waals surface area contributed by atoms with Crippen molar-refractivity contribution in [1.29, 1.82) is 0 Å². The summed E-state index contributed by atoms with van der Waals surface area (Å²) in [6, 6.07) is 6.61. The maximum atomic E-state index is 12.0.